The summed E-state index contributed by atoms with van der Waals surface area (Å²) in [7, 11) is 1.64. The Balaban J connectivity index is 2.26. The van der Waals surface area contributed by atoms with E-state index in [2.05, 4.69) is 10.1 Å². The molecule has 0 atom stereocenters. The second-order valence-electron chi connectivity index (χ2n) is 4.85. The molecule has 21 heavy (non-hydrogen) atoms. The molecule has 0 unspecified atom stereocenters. The Morgan fingerprint density at radius 3 is 2.71 bits per heavy atom. The molecule has 2 heterocycles. The lowest BCUT2D eigenvalue weighted by atomic mass is 9.94. The van der Waals surface area contributed by atoms with Gasteiger partial charge in [0.2, 0.25) is 0 Å². The summed E-state index contributed by atoms with van der Waals surface area (Å²) in [6, 6.07) is 2.22. The van der Waals surface area contributed by atoms with Gasteiger partial charge in [0.05, 0.1) is 30.6 Å². The number of nitrogens with zero attached hydrogens (tertiary/aromatic N) is 3. The summed E-state index contributed by atoms with van der Waals surface area (Å²) < 4.78 is 40.5. The van der Waals surface area contributed by atoms with E-state index in [9.17, 15) is 18.3 Å². The molecule has 1 aliphatic heterocycles. The number of halogens is 3. The third-order valence-electron chi connectivity index (χ3n) is 3.58. The van der Waals surface area contributed by atoms with Crippen molar-refractivity contribution in [1.29, 1.82) is 0 Å². The van der Waals surface area contributed by atoms with Crippen LogP contribution in [-0.2, 0) is 26.4 Å². The number of rotatable bonds is 2. The minimum atomic E-state index is -4.42. The summed E-state index contributed by atoms with van der Waals surface area (Å²) in [4.78, 5) is 4.04. The van der Waals surface area contributed by atoms with Gasteiger partial charge in [0, 0.05) is 24.4 Å². The zero-order chi connectivity index (χ0) is 15.2. The molecule has 0 aliphatic carbocycles. The van der Waals surface area contributed by atoms with Crippen molar-refractivity contribution in [3.63, 3.8) is 0 Å². The number of alkyl halides is 3. The van der Waals surface area contributed by atoms with E-state index in [-0.39, 0.29) is 13.2 Å². The fourth-order valence-electron chi connectivity index (χ4n) is 2.49. The van der Waals surface area contributed by atoms with Crippen LogP contribution >= 0.6 is 0 Å². The number of hydrogen-bond donors (Lipinski definition) is 1. The summed E-state index contributed by atoms with van der Waals surface area (Å²) >= 11 is 0. The first-order valence-corrected chi connectivity index (χ1v) is 6.28. The minimum Gasteiger partial charge on any atom is -0.390 e. The van der Waals surface area contributed by atoms with Crippen LogP contribution in [-0.4, -0.2) is 21.1 Å². The number of fused-ring (bicyclic) bond motifs is 1. The summed E-state index contributed by atoms with van der Waals surface area (Å²) in [6.45, 7) is -0.0605. The Kier molecular flexibility index (Phi) is 3.09. The molecule has 0 saturated heterocycles. The second kappa shape index (κ2) is 4.70. The summed E-state index contributed by atoms with van der Waals surface area (Å²) in [6.07, 6.45) is -1.39. The van der Waals surface area contributed by atoms with E-state index in [1.807, 2.05) is 0 Å². The molecule has 0 fully saturated rings. The van der Waals surface area contributed by atoms with Crippen LogP contribution in [0.1, 0.15) is 22.4 Å². The maximum Gasteiger partial charge on any atom is 0.416 e. The van der Waals surface area contributed by atoms with Crippen molar-refractivity contribution in [2.24, 2.45) is 12.0 Å². The molecule has 2 aromatic rings. The fourth-order valence-corrected chi connectivity index (χ4v) is 2.49. The molecule has 0 spiro atoms. The molecule has 0 bridgehead atoms. The van der Waals surface area contributed by atoms with Crippen LogP contribution in [0.15, 0.2) is 23.3 Å². The van der Waals surface area contributed by atoms with E-state index in [4.69, 9.17) is 0 Å². The van der Waals surface area contributed by atoms with Crippen molar-refractivity contribution in [3.05, 3.63) is 40.7 Å². The molecule has 0 radical (unpaired) electrons. The summed E-state index contributed by atoms with van der Waals surface area (Å²) in [5, 5.41) is 13.4. The van der Waals surface area contributed by atoms with Crippen LogP contribution in [0, 0.1) is 0 Å². The van der Waals surface area contributed by atoms with Crippen molar-refractivity contribution in [2.75, 3.05) is 0 Å². The van der Waals surface area contributed by atoms with Gasteiger partial charge in [0.15, 0.2) is 0 Å². The lowest BCUT2D eigenvalue weighted by molar-refractivity contribution is -0.137. The monoisotopic (exact) mass is 295 g/mol. The Hall–Kier alpha value is -2.15. The maximum absolute atomic E-state index is 13.0. The number of benzene rings is 1. The predicted octanol–water partition coefficient (Wildman–Crippen LogP) is 2.53. The third-order valence-corrected chi connectivity index (χ3v) is 3.58. The molecule has 4 nitrogen and oxygen atoms in total. The molecule has 7 heteroatoms. The highest BCUT2D eigenvalue weighted by molar-refractivity contribution is 5.94. The lowest BCUT2D eigenvalue weighted by Crippen LogP contribution is -2.07. The quantitative estimate of drug-likeness (QED) is 0.925. The fraction of sp³-hybridized carbons (Fsp3) is 0.286. The standard InChI is InChI=1S/C14H12F3N3O/c1-20-13(7-21)12(6-19-20)10-3-9(14(15,16)17)2-8-4-18-5-11(8)10/h2-3,5-6,21H,4,7H2,1H3. The maximum atomic E-state index is 13.0. The van der Waals surface area contributed by atoms with Gasteiger partial charge >= 0.3 is 6.18 Å². The average Bonchev–Trinajstić information content (AvgIpc) is 3.02. The molecule has 1 aliphatic rings. The Labute approximate surface area is 118 Å². The second-order valence-corrected chi connectivity index (χ2v) is 4.85. The lowest BCUT2D eigenvalue weighted by Gasteiger charge is -2.13. The molecule has 1 N–H and O–H groups in total. The number of aryl methyl sites for hydroxylation is 1. The van der Waals surface area contributed by atoms with Crippen molar-refractivity contribution in [2.45, 2.75) is 19.3 Å². The third kappa shape index (κ3) is 2.23. The van der Waals surface area contributed by atoms with Crippen LogP contribution in [0.2, 0.25) is 0 Å². The molecule has 0 amide bonds. The van der Waals surface area contributed by atoms with Gasteiger partial charge in [-0.2, -0.15) is 18.3 Å². The topological polar surface area (TPSA) is 50.4 Å². The molecular weight excluding hydrogens is 283 g/mol. The van der Waals surface area contributed by atoms with E-state index < -0.39 is 11.7 Å². The average molecular weight is 295 g/mol. The summed E-state index contributed by atoms with van der Waals surface area (Å²) in [5.41, 5.74) is 1.85. The number of aliphatic hydroxyl groups excluding tert-OH is 1. The molecule has 110 valence electrons. The highest BCUT2D eigenvalue weighted by Crippen LogP contribution is 2.37. The van der Waals surface area contributed by atoms with E-state index in [1.54, 1.807) is 13.3 Å². The molecule has 0 saturated carbocycles. The first-order chi connectivity index (χ1) is 9.91. The molecular formula is C14H12F3N3O. The normalized spacial score (nSPS) is 13.8. The number of hydrogen-bond acceptors (Lipinski definition) is 3. The van der Waals surface area contributed by atoms with E-state index >= 15 is 0 Å². The van der Waals surface area contributed by atoms with E-state index in [0.717, 1.165) is 12.1 Å². The molecule has 1 aromatic carbocycles. The highest BCUT2D eigenvalue weighted by atomic mass is 19.4. The number of aliphatic hydroxyl groups is 1. The van der Waals surface area contributed by atoms with Crippen molar-refractivity contribution >= 4 is 6.21 Å². The zero-order valence-electron chi connectivity index (χ0n) is 11.1. The predicted molar refractivity (Wildman–Crippen MR) is 70.9 cm³/mol. The highest BCUT2D eigenvalue weighted by Gasteiger charge is 2.33. The van der Waals surface area contributed by atoms with Gasteiger partial charge in [-0.05, 0) is 23.3 Å². The summed E-state index contributed by atoms with van der Waals surface area (Å²) in [5.74, 6) is 0. The van der Waals surface area contributed by atoms with Gasteiger partial charge < -0.3 is 5.11 Å². The van der Waals surface area contributed by atoms with Gasteiger partial charge in [-0.25, -0.2) is 0 Å². The van der Waals surface area contributed by atoms with Gasteiger partial charge in [-0.1, -0.05) is 0 Å². The SMILES string of the molecule is Cn1ncc(-c2cc(C(F)(F)F)cc3c2C=NC3)c1CO. The van der Waals surface area contributed by atoms with Crippen LogP contribution < -0.4 is 0 Å². The Morgan fingerprint density at radius 2 is 2.05 bits per heavy atom. The first-order valence-electron chi connectivity index (χ1n) is 6.28. The van der Waals surface area contributed by atoms with Crippen LogP contribution in [0.25, 0.3) is 11.1 Å². The van der Waals surface area contributed by atoms with Crippen LogP contribution in [0.3, 0.4) is 0 Å². The minimum absolute atomic E-state index is 0.237. The number of aliphatic imine (C=N–C) groups is 1. The Bertz CT molecular complexity index is 732. The van der Waals surface area contributed by atoms with Crippen molar-refractivity contribution < 1.29 is 18.3 Å². The van der Waals surface area contributed by atoms with E-state index in [1.165, 1.54) is 10.9 Å². The van der Waals surface area contributed by atoms with Crippen molar-refractivity contribution in [1.82, 2.24) is 9.78 Å². The van der Waals surface area contributed by atoms with Gasteiger partial charge in [-0.3, -0.25) is 9.67 Å². The molecule has 1 aromatic heterocycles. The Morgan fingerprint density at radius 1 is 1.29 bits per heavy atom. The van der Waals surface area contributed by atoms with Crippen molar-refractivity contribution in [3.8, 4) is 11.1 Å². The zero-order valence-corrected chi connectivity index (χ0v) is 11.1. The van der Waals surface area contributed by atoms with Crippen LogP contribution in [0.4, 0.5) is 13.2 Å². The van der Waals surface area contributed by atoms with Crippen LogP contribution in [0.5, 0.6) is 0 Å². The molecule has 3 rings (SSSR count). The first kappa shape index (κ1) is 13.8. The van der Waals surface area contributed by atoms with E-state index in [0.29, 0.717) is 27.9 Å². The smallest absolute Gasteiger partial charge is 0.390 e. The number of aromatic nitrogens is 2. The van der Waals surface area contributed by atoms with Gasteiger partial charge in [-0.15, -0.1) is 0 Å². The largest absolute Gasteiger partial charge is 0.416 e. The van der Waals surface area contributed by atoms with Gasteiger partial charge in [0.25, 0.3) is 0 Å². The van der Waals surface area contributed by atoms with Gasteiger partial charge in [0.1, 0.15) is 0 Å².